The summed E-state index contributed by atoms with van der Waals surface area (Å²) < 4.78 is 4.81. The fourth-order valence-corrected chi connectivity index (χ4v) is 1.15. The Kier molecular flexibility index (Phi) is 8.43. The van der Waals surface area contributed by atoms with E-state index in [0.717, 1.165) is 19.3 Å². The van der Waals surface area contributed by atoms with Crippen molar-refractivity contribution in [2.24, 2.45) is 0 Å². The number of esters is 1. The van der Waals surface area contributed by atoms with Gasteiger partial charge in [0.2, 0.25) is 0 Å². The van der Waals surface area contributed by atoms with Crippen molar-refractivity contribution in [1.29, 1.82) is 0 Å². The van der Waals surface area contributed by atoms with Crippen molar-refractivity contribution in [2.45, 2.75) is 39.0 Å². The summed E-state index contributed by atoms with van der Waals surface area (Å²) in [5.74, 6) is -0.317. The lowest BCUT2D eigenvalue weighted by atomic mass is 10.1. The molecule has 0 spiro atoms. The van der Waals surface area contributed by atoms with Crippen molar-refractivity contribution in [1.82, 2.24) is 0 Å². The summed E-state index contributed by atoms with van der Waals surface area (Å²) in [6.45, 7) is 6.03. The maximum atomic E-state index is 11.2. The lowest BCUT2D eigenvalue weighted by Crippen LogP contribution is -2.08. The van der Waals surface area contributed by atoms with Crippen LogP contribution < -0.4 is 0 Å². The maximum absolute atomic E-state index is 11.2. The van der Waals surface area contributed by atoms with Crippen molar-refractivity contribution in [3.05, 3.63) is 12.2 Å². The lowest BCUT2D eigenvalue weighted by molar-refractivity contribution is -0.137. The monoisotopic (exact) mass is 214 g/mol. The zero-order valence-corrected chi connectivity index (χ0v) is 9.57. The Hall–Kier alpha value is -0.700. The van der Waals surface area contributed by atoms with Crippen LogP contribution in [-0.4, -0.2) is 17.9 Å². The second-order valence-corrected chi connectivity index (χ2v) is 3.51. The molecule has 0 rings (SSSR count). The number of hydrogen-bond donors (Lipinski definition) is 0. The highest BCUT2D eigenvalue weighted by Crippen LogP contribution is 2.09. The van der Waals surface area contributed by atoms with Crippen LogP contribution in [-0.2, 0) is 9.53 Å². The first-order valence-corrected chi connectivity index (χ1v) is 5.48. The summed E-state index contributed by atoms with van der Waals surface area (Å²) in [7, 11) is 0. The van der Waals surface area contributed by atoms with E-state index < -0.39 is 0 Å². The number of carbonyl (C=O) groups is 1. The molecule has 0 aromatic carbocycles. The van der Waals surface area contributed by atoms with Crippen LogP contribution in [0.1, 0.15) is 39.0 Å². The summed E-state index contributed by atoms with van der Waals surface area (Å²) in [5, 5.41) is 1.39. The minimum Gasteiger partial charge on any atom is -0.457 e. The van der Waals surface area contributed by atoms with Crippen molar-refractivity contribution < 1.29 is 9.53 Å². The summed E-state index contributed by atoms with van der Waals surface area (Å²) in [5.41, 5.74) is 0.554. The van der Waals surface area contributed by atoms with E-state index in [-0.39, 0.29) is 12.6 Å². The van der Waals surface area contributed by atoms with Crippen molar-refractivity contribution >= 4 is 23.6 Å². The van der Waals surface area contributed by atoms with Gasteiger partial charge in [-0.1, -0.05) is 45.0 Å². The Morgan fingerprint density at radius 2 is 2.14 bits per heavy atom. The van der Waals surface area contributed by atoms with Gasteiger partial charge in [-0.05, 0) is 12.8 Å². The van der Waals surface area contributed by atoms with Crippen LogP contribution in [0.2, 0.25) is 0 Å². The topological polar surface area (TPSA) is 26.3 Å². The molecule has 0 aliphatic heterocycles. The highest BCUT2D eigenvalue weighted by atomic mass is 32.1. The number of unbranched alkanes of at least 4 members (excludes halogenated alkanes) is 3. The number of hydrogen-bond acceptors (Lipinski definition) is 3. The van der Waals surface area contributed by atoms with Crippen molar-refractivity contribution in [3.8, 4) is 0 Å². The molecule has 0 fully saturated rings. The van der Waals surface area contributed by atoms with E-state index in [2.05, 4.69) is 25.7 Å². The third-order valence-corrected chi connectivity index (χ3v) is 2.04. The van der Waals surface area contributed by atoms with Gasteiger partial charge in [0.1, 0.15) is 6.61 Å². The van der Waals surface area contributed by atoms with Gasteiger partial charge in [0.15, 0.2) is 0 Å². The largest absolute Gasteiger partial charge is 0.457 e. The molecule has 0 aliphatic carbocycles. The fourth-order valence-electron chi connectivity index (χ4n) is 1.08. The Morgan fingerprint density at radius 1 is 1.43 bits per heavy atom. The predicted molar refractivity (Wildman–Crippen MR) is 62.5 cm³/mol. The molecule has 0 radical (unpaired) electrons. The molecule has 3 heteroatoms. The number of carbonyl (C=O) groups excluding carboxylic acids is 1. The quantitative estimate of drug-likeness (QED) is 0.269. The van der Waals surface area contributed by atoms with Crippen LogP contribution >= 0.6 is 12.2 Å². The third-order valence-electron chi connectivity index (χ3n) is 1.90. The zero-order chi connectivity index (χ0) is 10.8. The first kappa shape index (κ1) is 13.3. The van der Waals surface area contributed by atoms with Gasteiger partial charge < -0.3 is 4.74 Å². The van der Waals surface area contributed by atoms with Gasteiger partial charge in [-0.25, -0.2) is 4.79 Å². The molecule has 0 bridgehead atoms. The number of rotatable bonds is 8. The lowest BCUT2D eigenvalue weighted by Gasteiger charge is -2.04. The van der Waals surface area contributed by atoms with Gasteiger partial charge in [0.25, 0.3) is 0 Å². The highest BCUT2D eigenvalue weighted by molar-refractivity contribution is 7.79. The standard InChI is InChI=1S/C11H18O2S/c1-3-4-5-6-7-10(2)11(12)13-8-9-14/h9H,2-8H2,1H3. The molecule has 0 atom stereocenters. The summed E-state index contributed by atoms with van der Waals surface area (Å²) in [6, 6.07) is 0. The Morgan fingerprint density at radius 3 is 2.71 bits per heavy atom. The van der Waals surface area contributed by atoms with Gasteiger partial charge in [0.05, 0.1) is 0 Å². The van der Waals surface area contributed by atoms with Crippen LogP contribution in [0.5, 0.6) is 0 Å². The highest BCUT2D eigenvalue weighted by Gasteiger charge is 2.06. The Labute approximate surface area is 91.3 Å². The van der Waals surface area contributed by atoms with Crippen LogP contribution in [0.3, 0.4) is 0 Å². The van der Waals surface area contributed by atoms with Gasteiger partial charge in [-0.15, -0.1) is 0 Å². The molecule has 0 N–H and O–H groups in total. The van der Waals surface area contributed by atoms with Crippen LogP contribution in [0.4, 0.5) is 0 Å². The molecule has 0 aliphatic rings. The van der Waals surface area contributed by atoms with Gasteiger partial charge in [-0.2, -0.15) is 0 Å². The summed E-state index contributed by atoms with van der Waals surface area (Å²) in [6.07, 6.45) is 5.30. The number of ether oxygens (including phenoxy) is 1. The van der Waals surface area contributed by atoms with Crippen LogP contribution in [0, 0.1) is 0 Å². The van der Waals surface area contributed by atoms with E-state index in [4.69, 9.17) is 4.74 Å². The molecule has 0 unspecified atom stereocenters. The van der Waals surface area contributed by atoms with Crippen LogP contribution in [0.25, 0.3) is 0 Å². The summed E-state index contributed by atoms with van der Waals surface area (Å²) >= 11 is 4.55. The smallest absolute Gasteiger partial charge is 0.333 e. The average molecular weight is 214 g/mol. The molecule has 14 heavy (non-hydrogen) atoms. The van der Waals surface area contributed by atoms with E-state index in [1.54, 1.807) is 0 Å². The first-order valence-electron chi connectivity index (χ1n) is 5.01. The minimum absolute atomic E-state index is 0.197. The third kappa shape index (κ3) is 6.78. The van der Waals surface area contributed by atoms with Gasteiger partial charge in [0, 0.05) is 10.9 Å². The van der Waals surface area contributed by atoms with E-state index in [0.29, 0.717) is 5.57 Å². The van der Waals surface area contributed by atoms with Crippen LogP contribution in [0.15, 0.2) is 12.2 Å². The fraction of sp³-hybridized carbons (Fsp3) is 0.636. The molecule has 80 valence electrons. The summed E-state index contributed by atoms with van der Waals surface area (Å²) in [4.78, 5) is 11.2. The van der Waals surface area contributed by atoms with E-state index in [1.807, 2.05) is 0 Å². The second-order valence-electron chi connectivity index (χ2n) is 3.18. The molecule has 0 heterocycles. The molecule has 0 amide bonds. The minimum atomic E-state index is -0.317. The molecule has 0 saturated carbocycles. The van der Waals surface area contributed by atoms with E-state index >= 15 is 0 Å². The number of thiocarbonyl (C=S) groups is 1. The van der Waals surface area contributed by atoms with E-state index in [1.165, 1.54) is 18.2 Å². The average Bonchev–Trinajstić information content (AvgIpc) is 2.20. The molecule has 2 nitrogen and oxygen atoms in total. The normalized spacial score (nSPS) is 9.50. The van der Waals surface area contributed by atoms with Gasteiger partial charge >= 0.3 is 5.97 Å². The van der Waals surface area contributed by atoms with Gasteiger partial charge in [-0.3, -0.25) is 0 Å². The first-order chi connectivity index (χ1) is 6.72. The van der Waals surface area contributed by atoms with E-state index in [9.17, 15) is 4.79 Å². The maximum Gasteiger partial charge on any atom is 0.333 e. The van der Waals surface area contributed by atoms with Crippen molar-refractivity contribution in [2.75, 3.05) is 6.61 Å². The molecular formula is C11H18O2S. The molecule has 0 saturated heterocycles. The SMILES string of the molecule is C=C(CCCCCC)C(=O)OCC=S. The predicted octanol–water partition coefficient (Wildman–Crippen LogP) is 3.06. The molecule has 0 aromatic rings. The Balaban J connectivity index is 3.52. The second kappa shape index (κ2) is 8.88. The van der Waals surface area contributed by atoms with Crippen molar-refractivity contribution in [3.63, 3.8) is 0 Å². The molecule has 0 aromatic heterocycles. The molecular weight excluding hydrogens is 196 g/mol. The Bertz CT molecular complexity index is 199. The zero-order valence-electron chi connectivity index (χ0n) is 8.75.